The molecule has 0 bridgehead atoms. The molecule has 1 saturated heterocycles. The molecule has 1 fully saturated rings. The maximum absolute atomic E-state index is 5.96. The fourth-order valence-corrected chi connectivity index (χ4v) is 2.02. The van der Waals surface area contributed by atoms with Crippen LogP contribution in [0.15, 0.2) is 0 Å². The van der Waals surface area contributed by atoms with Gasteiger partial charge in [0.2, 0.25) is 0 Å². The van der Waals surface area contributed by atoms with E-state index in [1.807, 2.05) is 0 Å². The van der Waals surface area contributed by atoms with Crippen molar-refractivity contribution in [3.8, 4) is 12.3 Å². The van der Waals surface area contributed by atoms with Crippen molar-refractivity contribution in [2.24, 2.45) is 11.7 Å². The third-order valence-electron chi connectivity index (χ3n) is 3.10. The third kappa shape index (κ3) is 3.69. The monoisotopic (exact) mass is 194 g/mol. The van der Waals surface area contributed by atoms with Gasteiger partial charge in [0.25, 0.3) is 0 Å². The average Bonchev–Trinajstić information content (AvgIpc) is 2.18. The molecule has 14 heavy (non-hydrogen) atoms. The molecule has 2 nitrogen and oxygen atoms in total. The first-order valence-corrected chi connectivity index (χ1v) is 5.65. The SMILES string of the molecule is C#CCCCCN1CCC(N)C(C)C1. The lowest BCUT2D eigenvalue weighted by Gasteiger charge is -2.35. The molecule has 0 aromatic carbocycles. The molecule has 0 aliphatic carbocycles. The van der Waals surface area contributed by atoms with E-state index >= 15 is 0 Å². The highest BCUT2D eigenvalue weighted by molar-refractivity contribution is 4.83. The summed E-state index contributed by atoms with van der Waals surface area (Å²) in [6, 6.07) is 0.414. The van der Waals surface area contributed by atoms with E-state index in [4.69, 9.17) is 12.2 Å². The summed E-state index contributed by atoms with van der Waals surface area (Å²) in [5.74, 6) is 3.33. The smallest absolute Gasteiger partial charge is 0.00889 e. The highest BCUT2D eigenvalue weighted by Gasteiger charge is 2.22. The quantitative estimate of drug-likeness (QED) is 0.542. The molecule has 2 N–H and O–H groups in total. The van der Waals surface area contributed by atoms with Gasteiger partial charge >= 0.3 is 0 Å². The molecule has 2 atom stereocenters. The zero-order valence-corrected chi connectivity index (χ0v) is 9.21. The van der Waals surface area contributed by atoms with E-state index in [-0.39, 0.29) is 0 Å². The Labute approximate surface area is 87.8 Å². The molecular weight excluding hydrogens is 172 g/mol. The largest absolute Gasteiger partial charge is 0.327 e. The first kappa shape index (κ1) is 11.6. The number of piperidine rings is 1. The Balaban J connectivity index is 2.11. The highest BCUT2D eigenvalue weighted by atomic mass is 15.1. The lowest BCUT2D eigenvalue weighted by molar-refractivity contribution is 0.162. The Bertz CT molecular complexity index is 195. The third-order valence-corrected chi connectivity index (χ3v) is 3.10. The van der Waals surface area contributed by atoms with Crippen LogP contribution >= 0.6 is 0 Å². The van der Waals surface area contributed by atoms with Crippen LogP contribution in [0.3, 0.4) is 0 Å². The van der Waals surface area contributed by atoms with E-state index in [9.17, 15) is 0 Å². The summed E-state index contributed by atoms with van der Waals surface area (Å²) < 4.78 is 0. The summed E-state index contributed by atoms with van der Waals surface area (Å²) in [6.45, 7) is 5.77. The van der Waals surface area contributed by atoms with Gasteiger partial charge in [-0.3, -0.25) is 0 Å². The van der Waals surface area contributed by atoms with Crippen LogP contribution in [0.2, 0.25) is 0 Å². The van der Waals surface area contributed by atoms with Gasteiger partial charge in [-0.05, 0) is 38.3 Å². The molecule has 0 aromatic heterocycles. The highest BCUT2D eigenvalue weighted by Crippen LogP contribution is 2.15. The van der Waals surface area contributed by atoms with Crippen molar-refractivity contribution < 1.29 is 0 Å². The van der Waals surface area contributed by atoms with Crippen molar-refractivity contribution in [3.05, 3.63) is 0 Å². The van der Waals surface area contributed by atoms with Gasteiger partial charge in [-0.25, -0.2) is 0 Å². The Morgan fingerprint density at radius 3 is 2.93 bits per heavy atom. The molecular formula is C12H22N2. The number of nitrogens with zero attached hydrogens (tertiary/aromatic N) is 1. The standard InChI is InChI=1S/C12H22N2/c1-3-4-5-6-8-14-9-7-12(13)11(2)10-14/h1,11-12H,4-10,13H2,2H3. The van der Waals surface area contributed by atoms with Crippen LogP contribution in [0, 0.1) is 18.3 Å². The number of unbranched alkanes of at least 4 members (excludes halogenated alkanes) is 2. The van der Waals surface area contributed by atoms with E-state index in [1.165, 1.54) is 19.5 Å². The number of hydrogen-bond acceptors (Lipinski definition) is 2. The Hall–Kier alpha value is -0.520. The van der Waals surface area contributed by atoms with Gasteiger partial charge in [0, 0.05) is 19.0 Å². The first-order valence-electron chi connectivity index (χ1n) is 5.65. The maximum atomic E-state index is 5.96. The predicted molar refractivity (Wildman–Crippen MR) is 60.9 cm³/mol. The molecule has 1 rings (SSSR count). The summed E-state index contributed by atoms with van der Waals surface area (Å²) in [4.78, 5) is 2.52. The fraction of sp³-hybridized carbons (Fsp3) is 0.833. The summed E-state index contributed by atoms with van der Waals surface area (Å²) in [5, 5.41) is 0. The summed E-state index contributed by atoms with van der Waals surface area (Å²) in [6.07, 6.45) is 9.67. The van der Waals surface area contributed by atoms with E-state index in [2.05, 4.69) is 17.7 Å². The van der Waals surface area contributed by atoms with Crippen molar-refractivity contribution in [2.45, 2.75) is 38.6 Å². The van der Waals surface area contributed by atoms with Gasteiger partial charge in [-0.2, -0.15) is 0 Å². The second-order valence-electron chi connectivity index (χ2n) is 4.39. The Morgan fingerprint density at radius 2 is 2.29 bits per heavy atom. The molecule has 0 aromatic rings. The van der Waals surface area contributed by atoms with Crippen LogP contribution in [0.1, 0.15) is 32.6 Å². The van der Waals surface area contributed by atoms with Crippen LogP contribution in [-0.4, -0.2) is 30.6 Å². The summed E-state index contributed by atoms with van der Waals surface area (Å²) >= 11 is 0. The number of rotatable bonds is 4. The van der Waals surface area contributed by atoms with Crippen molar-refractivity contribution in [1.29, 1.82) is 0 Å². The molecule has 80 valence electrons. The lowest BCUT2D eigenvalue weighted by atomic mass is 9.95. The van der Waals surface area contributed by atoms with Crippen LogP contribution in [0.4, 0.5) is 0 Å². The van der Waals surface area contributed by atoms with E-state index in [1.54, 1.807) is 0 Å². The number of hydrogen-bond donors (Lipinski definition) is 1. The fourth-order valence-electron chi connectivity index (χ4n) is 2.02. The Morgan fingerprint density at radius 1 is 1.50 bits per heavy atom. The summed E-state index contributed by atoms with van der Waals surface area (Å²) in [7, 11) is 0. The van der Waals surface area contributed by atoms with Crippen molar-refractivity contribution in [2.75, 3.05) is 19.6 Å². The van der Waals surface area contributed by atoms with E-state index in [0.29, 0.717) is 12.0 Å². The predicted octanol–water partition coefficient (Wildman–Crippen LogP) is 1.46. The first-order chi connectivity index (χ1) is 6.74. The van der Waals surface area contributed by atoms with Gasteiger partial charge in [0.15, 0.2) is 0 Å². The minimum Gasteiger partial charge on any atom is -0.327 e. The van der Waals surface area contributed by atoms with Gasteiger partial charge < -0.3 is 10.6 Å². The van der Waals surface area contributed by atoms with Crippen molar-refractivity contribution >= 4 is 0 Å². The average molecular weight is 194 g/mol. The number of nitrogens with two attached hydrogens (primary N) is 1. The molecule has 1 aliphatic rings. The van der Waals surface area contributed by atoms with Gasteiger partial charge in [-0.15, -0.1) is 12.3 Å². The number of terminal acetylenes is 1. The molecule has 0 amide bonds. The van der Waals surface area contributed by atoms with Crippen molar-refractivity contribution in [1.82, 2.24) is 4.90 Å². The van der Waals surface area contributed by atoms with Gasteiger partial charge in [0.05, 0.1) is 0 Å². The van der Waals surface area contributed by atoms with Crippen LogP contribution in [0.25, 0.3) is 0 Å². The second-order valence-corrected chi connectivity index (χ2v) is 4.39. The lowest BCUT2D eigenvalue weighted by Crippen LogP contribution is -2.46. The van der Waals surface area contributed by atoms with Crippen LogP contribution < -0.4 is 5.73 Å². The molecule has 0 saturated carbocycles. The minimum absolute atomic E-state index is 0.414. The molecule has 0 spiro atoms. The molecule has 1 heterocycles. The number of likely N-dealkylation sites (tertiary alicyclic amines) is 1. The molecule has 2 unspecified atom stereocenters. The molecule has 1 aliphatic heterocycles. The zero-order chi connectivity index (χ0) is 10.4. The molecule has 2 heteroatoms. The molecule has 0 radical (unpaired) electrons. The normalized spacial score (nSPS) is 28.6. The van der Waals surface area contributed by atoms with E-state index in [0.717, 1.165) is 25.8 Å². The van der Waals surface area contributed by atoms with Crippen molar-refractivity contribution in [3.63, 3.8) is 0 Å². The van der Waals surface area contributed by atoms with Crippen LogP contribution in [-0.2, 0) is 0 Å². The topological polar surface area (TPSA) is 29.3 Å². The zero-order valence-electron chi connectivity index (χ0n) is 9.21. The van der Waals surface area contributed by atoms with E-state index < -0.39 is 0 Å². The minimum atomic E-state index is 0.414. The summed E-state index contributed by atoms with van der Waals surface area (Å²) in [5.41, 5.74) is 5.96. The van der Waals surface area contributed by atoms with Crippen LogP contribution in [0.5, 0.6) is 0 Å². The second kappa shape index (κ2) is 6.06. The Kier molecular flexibility index (Phi) is 5.00. The maximum Gasteiger partial charge on any atom is 0.00889 e. The van der Waals surface area contributed by atoms with Gasteiger partial charge in [-0.1, -0.05) is 6.92 Å². The van der Waals surface area contributed by atoms with Gasteiger partial charge in [0.1, 0.15) is 0 Å².